The molecule has 1 N–H and O–H groups in total. The zero-order valence-corrected chi connectivity index (χ0v) is 19.4. The standard InChI is InChI=1S/C25H21F4N3O2S/c1-13-31-21(22(35-13)14-4-3-7-18(26)9-14)24(34)32-12-16-10-19(16)20(32)11-30-23(33)15-5-2-6-17(8-15)25(27,28)29/h2-9,16,19-20H,10-12H2,1H3,(H,30,33)/t16-,19?,20-/m1/s1. The second-order valence-electron chi connectivity index (χ2n) is 8.89. The third-order valence-electron chi connectivity index (χ3n) is 6.51. The fraction of sp³-hybridized carbons (Fsp3) is 0.320. The Balaban J connectivity index is 1.34. The van der Waals surface area contributed by atoms with E-state index in [1.807, 2.05) is 0 Å². The first kappa shape index (κ1) is 23.5. The van der Waals surface area contributed by atoms with E-state index in [0.717, 1.165) is 18.6 Å². The van der Waals surface area contributed by atoms with Crippen molar-refractivity contribution in [2.24, 2.45) is 11.8 Å². The molecular formula is C25H21F4N3O2S. The highest BCUT2D eigenvalue weighted by atomic mass is 32.1. The maximum Gasteiger partial charge on any atom is 0.416 e. The van der Waals surface area contributed by atoms with E-state index in [-0.39, 0.29) is 35.7 Å². The predicted molar refractivity (Wildman–Crippen MR) is 122 cm³/mol. The van der Waals surface area contributed by atoms with E-state index in [0.29, 0.717) is 27.9 Å². The van der Waals surface area contributed by atoms with E-state index in [2.05, 4.69) is 10.3 Å². The number of thiazole rings is 1. The second kappa shape index (κ2) is 8.75. The number of benzene rings is 2. The summed E-state index contributed by atoms with van der Waals surface area (Å²) in [7, 11) is 0. The number of nitrogens with zero attached hydrogens (tertiary/aromatic N) is 2. The molecule has 5 rings (SSSR count). The molecular weight excluding hydrogens is 482 g/mol. The summed E-state index contributed by atoms with van der Waals surface area (Å²) in [4.78, 5) is 32.8. The number of likely N-dealkylation sites (tertiary alicyclic amines) is 1. The fourth-order valence-corrected chi connectivity index (χ4v) is 5.64. The van der Waals surface area contributed by atoms with Crippen LogP contribution in [0.5, 0.6) is 0 Å². The summed E-state index contributed by atoms with van der Waals surface area (Å²) >= 11 is 1.31. The summed E-state index contributed by atoms with van der Waals surface area (Å²) in [6, 6.07) is 9.94. The summed E-state index contributed by atoms with van der Waals surface area (Å²) in [5, 5.41) is 3.38. The lowest BCUT2D eigenvalue weighted by Crippen LogP contribution is -2.45. The molecule has 0 radical (unpaired) electrons. The minimum atomic E-state index is -4.54. The van der Waals surface area contributed by atoms with E-state index >= 15 is 0 Å². The van der Waals surface area contributed by atoms with Crippen LogP contribution < -0.4 is 5.32 Å². The lowest BCUT2D eigenvalue weighted by molar-refractivity contribution is -0.137. The van der Waals surface area contributed by atoms with Crippen molar-refractivity contribution in [3.63, 3.8) is 0 Å². The number of carbonyl (C=O) groups excluding carboxylic acids is 2. The van der Waals surface area contributed by atoms with Crippen LogP contribution in [0.2, 0.25) is 0 Å². The highest BCUT2D eigenvalue weighted by Crippen LogP contribution is 2.50. The average Bonchev–Trinajstić information content (AvgIpc) is 3.33. The number of fused-ring (bicyclic) bond motifs is 1. The third kappa shape index (κ3) is 4.67. The van der Waals surface area contributed by atoms with Gasteiger partial charge in [-0.3, -0.25) is 9.59 Å². The molecule has 182 valence electrons. The predicted octanol–water partition coefficient (Wildman–Crippen LogP) is 5.17. The van der Waals surface area contributed by atoms with Gasteiger partial charge in [0.25, 0.3) is 11.8 Å². The second-order valence-corrected chi connectivity index (χ2v) is 10.1. The van der Waals surface area contributed by atoms with Gasteiger partial charge in [-0.05, 0) is 61.1 Å². The van der Waals surface area contributed by atoms with Gasteiger partial charge in [0.05, 0.1) is 21.5 Å². The Kier molecular flexibility index (Phi) is 5.86. The molecule has 10 heteroatoms. The van der Waals surface area contributed by atoms with Gasteiger partial charge in [0.15, 0.2) is 0 Å². The first-order valence-electron chi connectivity index (χ1n) is 11.1. The SMILES string of the molecule is Cc1nc(C(=O)N2C[C@H]3CC3[C@H]2CNC(=O)c2cccc(C(F)(F)F)c2)c(-c2cccc(F)c2)s1. The van der Waals surface area contributed by atoms with Gasteiger partial charge in [-0.25, -0.2) is 9.37 Å². The van der Waals surface area contributed by atoms with Gasteiger partial charge < -0.3 is 10.2 Å². The molecule has 5 nitrogen and oxygen atoms in total. The molecule has 2 amide bonds. The lowest BCUT2D eigenvalue weighted by atomic mass is 10.1. The molecule has 35 heavy (non-hydrogen) atoms. The number of aromatic nitrogens is 1. The quantitative estimate of drug-likeness (QED) is 0.489. The molecule has 1 aromatic heterocycles. The summed E-state index contributed by atoms with van der Waals surface area (Å²) in [6.07, 6.45) is -3.61. The van der Waals surface area contributed by atoms with Crippen molar-refractivity contribution < 1.29 is 27.2 Å². The molecule has 0 spiro atoms. The number of alkyl halides is 3. The number of hydrogen-bond acceptors (Lipinski definition) is 4. The molecule has 0 bridgehead atoms. The van der Waals surface area contributed by atoms with Crippen LogP contribution in [0.1, 0.15) is 37.8 Å². The van der Waals surface area contributed by atoms with Crippen molar-refractivity contribution >= 4 is 23.2 Å². The number of hydrogen-bond donors (Lipinski definition) is 1. The Hall–Kier alpha value is -3.27. The van der Waals surface area contributed by atoms with Gasteiger partial charge in [-0.1, -0.05) is 18.2 Å². The molecule has 1 aliphatic heterocycles. The van der Waals surface area contributed by atoms with Crippen molar-refractivity contribution in [2.45, 2.75) is 25.6 Å². The normalized spacial score (nSPS) is 21.1. The average molecular weight is 504 g/mol. The Bertz CT molecular complexity index is 1310. The fourth-order valence-electron chi connectivity index (χ4n) is 4.74. The molecule has 1 saturated heterocycles. The summed E-state index contributed by atoms with van der Waals surface area (Å²) in [5.41, 5.74) is -0.174. The van der Waals surface area contributed by atoms with Gasteiger partial charge in [0.2, 0.25) is 0 Å². The van der Waals surface area contributed by atoms with E-state index in [9.17, 15) is 27.2 Å². The number of piperidine rings is 1. The Morgan fingerprint density at radius 3 is 2.69 bits per heavy atom. The molecule has 2 aromatic carbocycles. The summed E-state index contributed by atoms with van der Waals surface area (Å²) in [6.45, 7) is 2.42. The van der Waals surface area contributed by atoms with Crippen LogP contribution in [0.25, 0.3) is 10.4 Å². The van der Waals surface area contributed by atoms with Gasteiger partial charge >= 0.3 is 6.18 Å². The van der Waals surface area contributed by atoms with E-state index in [1.165, 1.54) is 35.6 Å². The maximum absolute atomic E-state index is 13.8. The van der Waals surface area contributed by atoms with Crippen LogP contribution in [0.3, 0.4) is 0 Å². The minimum absolute atomic E-state index is 0.0911. The minimum Gasteiger partial charge on any atom is -0.350 e. The molecule has 1 unspecified atom stereocenters. The number of carbonyl (C=O) groups is 2. The van der Waals surface area contributed by atoms with Crippen LogP contribution in [0.15, 0.2) is 48.5 Å². The van der Waals surface area contributed by atoms with Crippen LogP contribution in [-0.4, -0.2) is 40.8 Å². The highest BCUT2D eigenvalue weighted by Gasteiger charge is 2.54. The van der Waals surface area contributed by atoms with Crippen LogP contribution in [0, 0.1) is 24.6 Å². The molecule has 3 aromatic rings. The van der Waals surface area contributed by atoms with Crippen molar-refractivity contribution in [3.8, 4) is 10.4 Å². The Morgan fingerprint density at radius 1 is 1.17 bits per heavy atom. The van der Waals surface area contributed by atoms with E-state index < -0.39 is 23.5 Å². The zero-order valence-electron chi connectivity index (χ0n) is 18.6. The zero-order chi connectivity index (χ0) is 24.9. The van der Waals surface area contributed by atoms with Crippen molar-refractivity contribution in [1.82, 2.24) is 15.2 Å². The smallest absolute Gasteiger partial charge is 0.350 e. The number of amides is 2. The van der Waals surface area contributed by atoms with Crippen LogP contribution >= 0.6 is 11.3 Å². The van der Waals surface area contributed by atoms with Crippen LogP contribution in [-0.2, 0) is 6.18 Å². The first-order chi connectivity index (χ1) is 16.6. The van der Waals surface area contributed by atoms with Gasteiger partial charge in [0, 0.05) is 18.7 Å². The van der Waals surface area contributed by atoms with E-state index in [1.54, 1.807) is 24.0 Å². The molecule has 2 fully saturated rings. The first-order valence-corrected chi connectivity index (χ1v) is 11.9. The monoisotopic (exact) mass is 503 g/mol. The van der Waals surface area contributed by atoms with E-state index in [4.69, 9.17) is 0 Å². The highest BCUT2D eigenvalue weighted by molar-refractivity contribution is 7.15. The molecule has 3 atom stereocenters. The lowest BCUT2D eigenvalue weighted by Gasteiger charge is -2.27. The van der Waals surface area contributed by atoms with Gasteiger partial charge in [-0.15, -0.1) is 11.3 Å². The number of aryl methyl sites for hydroxylation is 1. The largest absolute Gasteiger partial charge is 0.416 e. The molecule has 2 aliphatic rings. The molecule has 1 aliphatic carbocycles. The topological polar surface area (TPSA) is 62.3 Å². The summed E-state index contributed by atoms with van der Waals surface area (Å²) < 4.78 is 52.8. The van der Waals surface area contributed by atoms with Gasteiger partial charge in [0.1, 0.15) is 11.5 Å². The molecule has 1 saturated carbocycles. The summed E-state index contributed by atoms with van der Waals surface area (Å²) in [5.74, 6) is -0.786. The van der Waals surface area contributed by atoms with Gasteiger partial charge in [-0.2, -0.15) is 13.2 Å². The number of halogens is 4. The van der Waals surface area contributed by atoms with Crippen molar-refractivity contribution in [3.05, 3.63) is 76.2 Å². The molecule has 2 heterocycles. The maximum atomic E-state index is 13.8. The van der Waals surface area contributed by atoms with Crippen LogP contribution in [0.4, 0.5) is 17.6 Å². The van der Waals surface area contributed by atoms with Crippen molar-refractivity contribution in [1.29, 1.82) is 0 Å². The number of rotatable bonds is 5. The number of nitrogens with one attached hydrogen (secondary N) is 1. The van der Waals surface area contributed by atoms with Crippen molar-refractivity contribution in [2.75, 3.05) is 13.1 Å². The Labute approximate surface area is 202 Å². The Morgan fingerprint density at radius 2 is 1.94 bits per heavy atom. The third-order valence-corrected chi connectivity index (χ3v) is 7.53.